The minimum absolute atomic E-state index is 0.234. The van der Waals surface area contributed by atoms with Gasteiger partial charge in [-0.25, -0.2) is 9.97 Å². The summed E-state index contributed by atoms with van der Waals surface area (Å²) < 4.78 is 0. The Morgan fingerprint density at radius 3 is 2.52 bits per heavy atom. The number of benzene rings is 1. The van der Waals surface area contributed by atoms with Gasteiger partial charge in [0.2, 0.25) is 0 Å². The van der Waals surface area contributed by atoms with Crippen LogP contribution in [0, 0.1) is 11.3 Å². The molecule has 1 aliphatic rings. The van der Waals surface area contributed by atoms with E-state index in [1.165, 1.54) is 11.3 Å². The van der Waals surface area contributed by atoms with Crippen molar-refractivity contribution in [1.29, 1.82) is 5.26 Å². The summed E-state index contributed by atoms with van der Waals surface area (Å²) in [7, 11) is 0. The van der Waals surface area contributed by atoms with Crippen LogP contribution in [0.4, 0.5) is 5.13 Å². The summed E-state index contributed by atoms with van der Waals surface area (Å²) >= 11 is 1.39. The van der Waals surface area contributed by atoms with E-state index >= 15 is 0 Å². The van der Waals surface area contributed by atoms with E-state index in [9.17, 15) is 5.26 Å². The number of thiazole rings is 1. The predicted molar refractivity (Wildman–Crippen MR) is 83.8 cm³/mol. The molecule has 1 saturated carbocycles. The molecule has 21 heavy (non-hydrogen) atoms. The molecule has 4 rings (SSSR count). The molecule has 0 radical (unpaired) electrons. The van der Waals surface area contributed by atoms with E-state index < -0.39 is 0 Å². The van der Waals surface area contributed by atoms with Crippen molar-refractivity contribution < 1.29 is 0 Å². The quantitative estimate of drug-likeness (QED) is 0.784. The van der Waals surface area contributed by atoms with Crippen LogP contribution in [-0.2, 0) is 5.41 Å². The van der Waals surface area contributed by atoms with Crippen LogP contribution in [-0.4, -0.2) is 9.97 Å². The first-order valence-electron chi connectivity index (χ1n) is 6.75. The van der Waals surface area contributed by atoms with E-state index in [-0.39, 0.29) is 5.41 Å². The largest absolute Gasteiger partial charge is 0.375 e. The Hall–Kier alpha value is -2.45. The van der Waals surface area contributed by atoms with Crippen LogP contribution in [0.25, 0.3) is 21.6 Å². The number of anilines is 1. The summed E-state index contributed by atoms with van der Waals surface area (Å²) in [6, 6.07) is 14.5. The summed E-state index contributed by atoms with van der Waals surface area (Å²) in [5, 5.41) is 9.77. The molecule has 0 atom stereocenters. The lowest BCUT2D eigenvalue weighted by Crippen LogP contribution is -2.01. The fourth-order valence-corrected chi connectivity index (χ4v) is 3.25. The molecule has 1 aliphatic carbocycles. The van der Waals surface area contributed by atoms with Crippen LogP contribution < -0.4 is 5.73 Å². The molecule has 4 nitrogen and oxygen atoms in total. The number of fused-ring (bicyclic) bond motifs is 1. The molecule has 0 saturated heterocycles. The van der Waals surface area contributed by atoms with Crippen LogP contribution in [0.3, 0.4) is 0 Å². The van der Waals surface area contributed by atoms with Gasteiger partial charge in [0.1, 0.15) is 10.3 Å². The number of aromatic nitrogens is 2. The monoisotopic (exact) mass is 292 g/mol. The van der Waals surface area contributed by atoms with Gasteiger partial charge in [-0.3, -0.25) is 0 Å². The lowest BCUT2D eigenvalue weighted by Gasteiger charge is -2.07. The van der Waals surface area contributed by atoms with Crippen molar-refractivity contribution in [1.82, 2.24) is 9.97 Å². The van der Waals surface area contributed by atoms with Crippen molar-refractivity contribution in [2.24, 2.45) is 0 Å². The molecule has 5 heteroatoms. The van der Waals surface area contributed by atoms with Crippen LogP contribution >= 0.6 is 11.3 Å². The molecule has 102 valence electrons. The molecule has 0 aliphatic heterocycles. The second kappa shape index (κ2) is 4.27. The molecule has 2 N–H and O–H groups in total. The summed E-state index contributed by atoms with van der Waals surface area (Å²) in [5.41, 5.74) is 9.36. The van der Waals surface area contributed by atoms with Crippen molar-refractivity contribution in [3.8, 4) is 17.3 Å². The maximum atomic E-state index is 9.24. The molecule has 0 bridgehead atoms. The Bertz CT molecular complexity index is 869. The first-order chi connectivity index (χ1) is 10.2. The lowest BCUT2D eigenvalue weighted by molar-refractivity contribution is 0.909. The summed E-state index contributed by atoms with van der Waals surface area (Å²) in [4.78, 5) is 9.67. The average Bonchev–Trinajstić information content (AvgIpc) is 3.22. The SMILES string of the molecule is N#CC1(c2ccc(-c3ccc4nc(N)sc4n3)cc2)CC1. The van der Waals surface area contributed by atoms with E-state index in [4.69, 9.17) is 5.73 Å². The van der Waals surface area contributed by atoms with E-state index in [1.807, 2.05) is 36.4 Å². The third-order valence-electron chi connectivity index (χ3n) is 3.97. The van der Waals surface area contributed by atoms with Gasteiger partial charge in [-0.15, -0.1) is 0 Å². The smallest absolute Gasteiger partial charge is 0.182 e. The van der Waals surface area contributed by atoms with Gasteiger partial charge in [0.05, 0.1) is 17.2 Å². The molecule has 0 unspecified atom stereocenters. The Balaban J connectivity index is 1.73. The maximum absolute atomic E-state index is 9.24. The average molecular weight is 292 g/mol. The Morgan fingerprint density at radius 1 is 1.10 bits per heavy atom. The predicted octanol–water partition coefficient (Wildman–Crippen LogP) is 3.50. The standard InChI is InChI=1S/C16H12N4S/c17-9-16(7-8-16)11-3-1-10(2-4-11)12-5-6-13-14(19-12)21-15(18)20-13/h1-6H,7-8H2,(H2,18,20). The zero-order valence-electron chi connectivity index (χ0n) is 11.2. The van der Waals surface area contributed by atoms with Gasteiger partial charge in [-0.2, -0.15) is 5.26 Å². The highest BCUT2D eigenvalue weighted by Crippen LogP contribution is 2.47. The van der Waals surface area contributed by atoms with Gasteiger partial charge in [-0.1, -0.05) is 35.6 Å². The molecule has 2 aromatic heterocycles. The van der Waals surface area contributed by atoms with E-state index in [0.29, 0.717) is 5.13 Å². The molecule has 0 spiro atoms. The fourth-order valence-electron chi connectivity index (χ4n) is 2.54. The number of nitrogens with two attached hydrogens (primary N) is 1. The number of hydrogen-bond acceptors (Lipinski definition) is 5. The molecule has 1 aromatic carbocycles. The van der Waals surface area contributed by atoms with Crippen LogP contribution in [0.2, 0.25) is 0 Å². The molecule has 0 amide bonds. The number of nitrogen functional groups attached to an aromatic ring is 1. The molecular weight excluding hydrogens is 280 g/mol. The number of hydrogen-bond donors (Lipinski definition) is 1. The molecular formula is C16H12N4S. The van der Waals surface area contributed by atoms with Gasteiger partial charge < -0.3 is 5.73 Å². The topological polar surface area (TPSA) is 75.6 Å². The highest BCUT2D eigenvalue weighted by atomic mass is 32.1. The summed E-state index contributed by atoms with van der Waals surface area (Å²) in [5.74, 6) is 0. The summed E-state index contributed by atoms with van der Waals surface area (Å²) in [6.45, 7) is 0. The van der Waals surface area contributed by atoms with E-state index in [1.54, 1.807) is 0 Å². The van der Waals surface area contributed by atoms with Crippen LogP contribution in [0.5, 0.6) is 0 Å². The summed E-state index contributed by atoms with van der Waals surface area (Å²) in [6.07, 6.45) is 1.93. The van der Waals surface area contributed by atoms with Gasteiger partial charge in [0.25, 0.3) is 0 Å². The third-order valence-corrected chi connectivity index (χ3v) is 4.76. The zero-order chi connectivity index (χ0) is 14.4. The van der Waals surface area contributed by atoms with Crippen molar-refractivity contribution >= 4 is 26.8 Å². The highest BCUT2D eigenvalue weighted by molar-refractivity contribution is 7.21. The van der Waals surface area contributed by atoms with Crippen molar-refractivity contribution in [2.75, 3.05) is 5.73 Å². The van der Waals surface area contributed by atoms with E-state index in [2.05, 4.69) is 16.0 Å². The Morgan fingerprint density at radius 2 is 1.86 bits per heavy atom. The van der Waals surface area contributed by atoms with Gasteiger partial charge in [0.15, 0.2) is 5.13 Å². The van der Waals surface area contributed by atoms with Gasteiger partial charge in [0, 0.05) is 5.56 Å². The number of pyridine rings is 1. The number of nitrogens with zero attached hydrogens (tertiary/aromatic N) is 3. The molecule has 1 fully saturated rings. The van der Waals surface area contributed by atoms with Crippen molar-refractivity contribution in [3.05, 3.63) is 42.0 Å². The molecule has 3 aromatic rings. The minimum Gasteiger partial charge on any atom is -0.375 e. The number of nitriles is 1. The normalized spacial score (nSPS) is 15.8. The van der Waals surface area contributed by atoms with Crippen molar-refractivity contribution in [2.45, 2.75) is 18.3 Å². The second-order valence-electron chi connectivity index (χ2n) is 5.34. The van der Waals surface area contributed by atoms with Crippen LogP contribution in [0.15, 0.2) is 36.4 Å². The Labute approximate surface area is 125 Å². The first-order valence-corrected chi connectivity index (χ1v) is 7.57. The Kier molecular flexibility index (Phi) is 2.50. The zero-order valence-corrected chi connectivity index (χ0v) is 12.0. The van der Waals surface area contributed by atoms with Crippen molar-refractivity contribution in [3.63, 3.8) is 0 Å². The first kappa shape index (κ1) is 12.3. The van der Waals surface area contributed by atoms with Gasteiger partial charge in [-0.05, 0) is 30.5 Å². The van der Waals surface area contributed by atoms with Crippen LogP contribution in [0.1, 0.15) is 18.4 Å². The maximum Gasteiger partial charge on any atom is 0.182 e. The highest BCUT2D eigenvalue weighted by Gasteiger charge is 2.44. The third kappa shape index (κ3) is 1.96. The molecule has 2 heterocycles. The minimum atomic E-state index is -0.234. The second-order valence-corrected chi connectivity index (χ2v) is 6.35. The fraction of sp³-hybridized carbons (Fsp3) is 0.188. The lowest BCUT2D eigenvalue weighted by atomic mass is 9.96. The number of rotatable bonds is 2. The van der Waals surface area contributed by atoms with Gasteiger partial charge >= 0.3 is 0 Å². The van der Waals surface area contributed by atoms with E-state index in [0.717, 1.165) is 40.0 Å².